The summed E-state index contributed by atoms with van der Waals surface area (Å²) in [6, 6.07) is 11.6. The molecule has 1 nitrogen and oxygen atoms in total. The molecule has 2 aliphatic carbocycles. The highest BCUT2D eigenvalue weighted by molar-refractivity contribution is 6.91. The second kappa shape index (κ2) is 12.2. The molecule has 1 heterocycles. The summed E-state index contributed by atoms with van der Waals surface area (Å²) in [5.74, 6) is 2.51. The van der Waals surface area contributed by atoms with Gasteiger partial charge in [0.2, 0.25) is 0 Å². The van der Waals surface area contributed by atoms with Crippen molar-refractivity contribution in [2.24, 2.45) is 28.6 Å². The molecule has 0 N–H and O–H groups in total. The number of benzene rings is 1. The van der Waals surface area contributed by atoms with Crippen LogP contribution in [0.1, 0.15) is 120 Å². The van der Waals surface area contributed by atoms with Crippen molar-refractivity contribution in [3.8, 4) is 0 Å². The molecule has 3 aliphatic rings. The van der Waals surface area contributed by atoms with E-state index in [0.29, 0.717) is 22.5 Å². The zero-order chi connectivity index (χ0) is 29.3. The first-order valence-electron chi connectivity index (χ1n) is 16.8. The van der Waals surface area contributed by atoms with Gasteiger partial charge in [-0.05, 0) is 99.8 Å². The summed E-state index contributed by atoms with van der Waals surface area (Å²) in [7, 11) is -1.78. The Labute approximate surface area is 249 Å². The first-order chi connectivity index (χ1) is 18.7. The average molecular weight is 563 g/mol. The lowest BCUT2D eigenvalue weighted by Crippen LogP contribution is -2.51. The molecule has 0 bridgehead atoms. The summed E-state index contributed by atoms with van der Waals surface area (Å²) in [6.45, 7) is 24.9. The van der Waals surface area contributed by atoms with Crippen molar-refractivity contribution in [2.75, 3.05) is 0 Å². The Bertz CT molecular complexity index is 1050. The number of ether oxygens (including phenoxy) is 1. The van der Waals surface area contributed by atoms with Gasteiger partial charge in [-0.15, -0.1) is 0 Å². The van der Waals surface area contributed by atoms with E-state index in [1.165, 1.54) is 51.4 Å². The third kappa shape index (κ3) is 6.44. The molecule has 1 saturated carbocycles. The predicted molar refractivity (Wildman–Crippen MR) is 178 cm³/mol. The standard InChI is InChI=1S/C38H62OSi/c1-28(2)16-14-17-30(4)32-25-27-38(8)33(20-15-26-37(32,38)7)34(40(9,10)31-18-12-11-13-19-31)23-21-29(3)22-24-35-36(5,6)39-35/h11-13,18-21,28,30,32,34-35H,14-17,22-27H2,1-10H3/b29-21+/t30-,32-,34+,35+,37-,38+/m1/s1. The fourth-order valence-corrected chi connectivity index (χ4v) is 12.4. The van der Waals surface area contributed by atoms with Gasteiger partial charge in [-0.2, -0.15) is 0 Å². The van der Waals surface area contributed by atoms with Crippen LogP contribution < -0.4 is 5.19 Å². The Morgan fingerprint density at radius 2 is 1.70 bits per heavy atom. The molecular weight excluding hydrogens is 501 g/mol. The summed E-state index contributed by atoms with van der Waals surface area (Å²) >= 11 is 0. The molecule has 4 rings (SSSR count). The number of hydrogen-bond acceptors (Lipinski definition) is 1. The van der Waals surface area contributed by atoms with Crippen LogP contribution in [0, 0.1) is 28.6 Å². The highest BCUT2D eigenvalue weighted by Gasteiger charge is 2.59. The fourth-order valence-electron chi connectivity index (χ4n) is 9.03. The molecule has 0 unspecified atom stereocenters. The van der Waals surface area contributed by atoms with Gasteiger partial charge in [-0.1, -0.05) is 126 Å². The van der Waals surface area contributed by atoms with Gasteiger partial charge in [0.1, 0.15) is 0 Å². The summed E-state index contributed by atoms with van der Waals surface area (Å²) in [5.41, 5.74) is 4.89. The molecule has 1 aromatic carbocycles. The molecule has 6 atom stereocenters. The highest BCUT2D eigenvalue weighted by Crippen LogP contribution is 2.68. The number of fused-ring (bicyclic) bond motifs is 1. The third-order valence-electron chi connectivity index (χ3n) is 12.3. The van der Waals surface area contributed by atoms with Crippen molar-refractivity contribution < 1.29 is 4.74 Å². The minimum Gasteiger partial charge on any atom is -0.367 e. The summed E-state index contributed by atoms with van der Waals surface area (Å²) < 4.78 is 5.90. The maximum Gasteiger partial charge on any atom is 0.0892 e. The average Bonchev–Trinajstić information content (AvgIpc) is 3.40. The Hall–Kier alpha value is -1.12. The van der Waals surface area contributed by atoms with Gasteiger partial charge in [0.15, 0.2) is 0 Å². The van der Waals surface area contributed by atoms with E-state index < -0.39 is 8.07 Å². The summed E-state index contributed by atoms with van der Waals surface area (Å²) in [6.07, 6.45) is 19.0. The van der Waals surface area contributed by atoms with Gasteiger partial charge in [-0.3, -0.25) is 0 Å². The van der Waals surface area contributed by atoms with Crippen LogP contribution >= 0.6 is 0 Å². The van der Waals surface area contributed by atoms with E-state index in [0.717, 1.165) is 30.6 Å². The predicted octanol–water partition coefficient (Wildman–Crippen LogP) is 10.9. The molecule has 1 saturated heterocycles. The first kappa shape index (κ1) is 31.8. The molecular formula is C38H62OSi. The quantitative estimate of drug-likeness (QED) is 0.132. The maximum absolute atomic E-state index is 5.90. The zero-order valence-corrected chi connectivity index (χ0v) is 28.9. The van der Waals surface area contributed by atoms with E-state index in [9.17, 15) is 0 Å². The molecule has 2 heteroatoms. The minimum absolute atomic E-state index is 0.0991. The SMILES string of the molecule is C/C(=C\C[C@@H](C1=CCC[C@]2(C)[C@@H]([C@H](C)CCCC(C)C)CC[C@@]12C)[Si](C)(C)c1ccccc1)CC[C@@H]1OC1(C)C. The van der Waals surface area contributed by atoms with E-state index in [1.54, 1.807) is 10.8 Å². The van der Waals surface area contributed by atoms with E-state index in [4.69, 9.17) is 4.74 Å². The van der Waals surface area contributed by atoms with Gasteiger partial charge in [-0.25, -0.2) is 0 Å². The molecule has 0 spiro atoms. The normalized spacial score (nSPS) is 31.6. The molecule has 1 aliphatic heterocycles. The van der Waals surface area contributed by atoms with Crippen LogP contribution in [0.25, 0.3) is 0 Å². The largest absolute Gasteiger partial charge is 0.367 e. The van der Waals surface area contributed by atoms with Crippen molar-refractivity contribution in [1.82, 2.24) is 0 Å². The van der Waals surface area contributed by atoms with Crippen LogP contribution in [0.5, 0.6) is 0 Å². The third-order valence-corrected chi connectivity index (χ3v) is 16.4. The Morgan fingerprint density at radius 3 is 2.33 bits per heavy atom. The number of allylic oxidation sites excluding steroid dienone is 4. The van der Waals surface area contributed by atoms with Crippen LogP contribution in [0.4, 0.5) is 0 Å². The van der Waals surface area contributed by atoms with Crippen LogP contribution in [-0.4, -0.2) is 19.8 Å². The highest BCUT2D eigenvalue weighted by atomic mass is 28.3. The van der Waals surface area contributed by atoms with Gasteiger partial charge in [0, 0.05) is 0 Å². The first-order valence-corrected chi connectivity index (χ1v) is 19.9. The monoisotopic (exact) mass is 562 g/mol. The number of hydrogen-bond donors (Lipinski definition) is 0. The van der Waals surface area contributed by atoms with E-state index in [1.807, 2.05) is 5.57 Å². The Morgan fingerprint density at radius 1 is 1.02 bits per heavy atom. The molecule has 2 fully saturated rings. The van der Waals surface area contributed by atoms with Gasteiger partial charge >= 0.3 is 0 Å². The van der Waals surface area contributed by atoms with E-state index in [-0.39, 0.29) is 5.60 Å². The number of rotatable bonds is 13. The Balaban J connectivity index is 1.60. The summed E-state index contributed by atoms with van der Waals surface area (Å²) in [4.78, 5) is 0. The van der Waals surface area contributed by atoms with E-state index >= 15 is 0 Å². The molecule has 0 amide bonds. The Kier molecular flexibility index (Phi) is 9.73. The minimum atomic E-state index is -1.78. The maximum atomic E-state index is 5.90. The van der Waals surface area contributed by atoms with Crippen molar-refractivity contribution in [1.29, 1.82) is 0 Å². The molecule has 1 aromatic rings. The van der Waals surface area contributed by atoms with Crippen LogP contribution in [0.15, 0.2) is 53.6 Å². The lowest BCUT2D eigenvalue weighted by molar-refractivity contribution is 0.0456. The van der Waals surface area contributed by atoms with Crippen molar-refractivity contribution >= 4 is 13.3 Å². The van der Waals surface area contributed by atoms with Crippen LogP contribution in [0.3, 0.4) is 0 Å². The fraction of sp³-hybridized carbons (Fsp3) is 0.737. The second-order valence-electron chi connectivity index (χ2n) is 16.1. The van der Waals surface area contributed by atoms with Crippen molar-refractivity contribution in [2.45, 2.75) is 150 Å². The van der Waals surface area contributed by atoms with Crippen LogP contribution in [0.2, 0.25) is 18.6 Å². The molecule has 0 aromatic heterocycles. The van der Waals surface area contributed by atoms with Gasteiger partial charge < -0.3 is 4.74 Å². The summed E-state index contributed by atoms with van der Waals surface area (Å²) in [5, 5.41) is 1.62. The molecule has 0 radical (unpaired) electrons. The van der Waals surface area contributed by atoms with Crippen molar-refractivity contribution in [3.63, 3.8) is 0 Å². The molecule has 40 heavy (non-hydrogen) atoms. The van der Waals surface area contributed by atoms with Gasteiger partial charge in [0.25, 0.3) is 0 Å². The molecule has 224 valence electrons. The lowest BCUT2D eigenvalue weighted by Gasteiger charge is -2.54. The second-order valence-corrected chi connectivity index (χ2v) is 20.8. The van der Waals surface area contributed by atoms with Gasteiger partial charge in [0.05, 0.1) is 19.8 Å². The van der Waals surface area contributed by atoms with Crippen LogP contribution in [-0.2, 0) is 4.74 Å². The smallest absolute Gasteiger partial charge is 0.0892 e. The zero-order valence-electron chi connectivity index (χ0n) is 27.9. The number of epoxide rings is 1. The topological polar surface area (TPSA) is 12.5 Å². The van der Waals surface area contributed by atoms with Crippen molar-refractivity contribution in [3.05, 3.63) is 53.6 Å². The van der Waals surface area contributed by atoms with E-state index in [2.05, 4.69) is 111 Å². The lowest BCUT2D eigenvalue weighted by atomic mass is 9.54.